The molecule has 1 unspecified atom stereocenters. The molecule has 29 heavy (non-hydrogen) atoms. The minimum Gasteiger partial charge on any atom is -0.342 e. The van der Waals surface area contributed by atoms with Crippen molar-refractivity contribution in [3.63, 3.8) is 0 Å². The molecule has 2 saturated heterocycles. The second-order valence-electron chi connectivity index (χ2n) is 8.76. The van der Waals surface area contributed by atoms with E-state index in [0.717, 1.165) is 44.3 Å². The molecule has 3 aliphatic rings. The third-order valence-electron chi connectivity index (χ3n) is 6.64. The monoisotopic (exact) mass is 397 g/mol. The third kappa shape index (κ3) is 4.37. The van der Waals surface area contributed by atoms with Crippen molar-refractivity contribution in [1.82, 2.24) is 10.2 Å². The van der Waals surface area contributed by atoms with Crippen LogP contribution in [0.2, 0.25) is 0 Å². The highest BCUT2D eigenvalue weighted by molar-refractivity contribution is 6.22. The number of piperidine rings is 1. The average molecular weight is 398 g/mol. The molecule has 2 aliphatic heterocycles. The van der Waals surface area contributed by atoms with Gasteiger partial charge in [-0.3, -0.25) is 14.4 Å². The van der Waals surface area contributed by atoms with Crippen molar-refractivity contribution in [2.75, 3.05) is 18.0 Å². The average Bonchev–Trinajstić information content (AvgIpc) is 3.02. The molecule has 156 valence electrons. The third-order valence-corrected chi connectivity index (χ3v) is 6.64. The van der Waals surface area contributed by atoms with Gasteiger partial charge in [-0.1, -0.05) is 37.0 Å². The van der Waals surface area contributed by atoms with Crippen LogP contribution in [0.5, 0.6) is 0 Å². The predicted octanol–water partition coefficient (Wildman–Crippen LogP) is 2.79. The van der Waals surface area contributed by atoms with Gasteiger partial charge in [0, 0.05) is 25.0 Å². The number of aryl methyl sites for hydroxylation is 1. The van der Waals surface area contributed by atoms with Crippen LogP contribution in [0.15, 0.2) is 24.3 Å². The van der Waals surface area contributed by atoms with E-state index >= 15 is 0 Å². The molecule has 0 spiro atoms. The van der Waals surface area contributed by atoms with E-state index in [1.54, 1.807) is 0 Å². The fraction of sp³-hybridized carbons (Fsp3) is 0.609. The van der Waals surface area contributed by atoms with Gasteiger partial charge in [0.1, 0.15) is 0 Å². The number of carbonyl (C=O) groups excluding carboxylic acids is 3. The zero-order valence-corrected chi connectivity index (χ0v) is 17.2. The Bertz CT molecular complexity index is 762. The van der Waals surface area contributed by atoms with Crippen LogP contribution in [-0.2, 0) is 14.4 Å². The molecular weight excluding hydrogens is 366 g/mol. The Labute approximate surface area is 172 Å². The molecule has 2 heterocycles. The van der Waals surface area contributed by atoms with E-state index in [4.69, 9.17) is 0 Å². The number of benzene rings is 1. The van der Waals surface area contributed by atoms with Gasteiger partial charge in [-0.15, -0.1) is 0 Å². The normalized spacial score (nSPS) is 24.4. The van der Waals surface area contributed by atoms with Crippen molar-refractivity contribution in [2.24, 2.45) is 5.92 Å². The van der Waals surface area contributed by atoms with Gasteiger partial charge in [0.05, 0.1) is 18.2 Å². The van der Waals surface area contributed by atoms with Crippen LogP contribution in [0.4, 0.5) is 5.69 Å². The SMILES string of the molecule is Cc1ccc(N2C(=O)CC(NC3CCN(C(=O)C4CCCCC4)CC3)C2=O)cc1. The molecule has 1 N–H and O–H groups in total. The first kappa shape index (κ1) is 20.1. The number of hydrogen-bond acceptors (Lipinski definition) is 4. The first-order chi connectivity index (χ1) is 14.0. The van der Waals surface area contributed by atoms with Crippen LogP contribution in [0.25, 0.3) is 0 Å². The lowest BCUT2D eigenvalue weighted by molar-refractivity contribution is -0.137. The quantitative estimate of drug-likeness (QED) is 0.793. The number of nitrogens with zero attached hydrogens (tertiary/aromatic N) is 2. The molecule has 0 bridgehead atoms. The zero-order chi connectivity index (χ0) is 20.4. The van der Waals surface area contributed by atoms with Gasteiger partial charge in [-0.05, 0) is 44.7 Å². The Kier molecular flexibility index (Phi) is 5.99. The van der Waals surface area contributed by atoms with Crippen LogP contribution in [0.3, 0.4) is 0 Å². The number of amides is 3. The first-order valence-corrected chi connectivity index (χ1v) is 11.0. The molecular formula is C23H31N3O3. The highest BCUT2D eigenvalue weighted by atomic mass is 16.2. The number of anilines is 1. The van der Waals surface area contributed by atoms with E-state index < -0.39 is 6.04 Å². The molecule has 3 amide bonds. The lowest BCUT2D eigenvalue weighted by Gasteiger charge is -2.36. The topological polar surface area (TPSA) is 69.7 Å². The second kappa shape index (κ2) is 8.66. The fourth-order valence-electron chi connectivity index (χ4n) is 4.89. The van der Waals surface area contributed by atoms with Crippen LogP contribution in [-0.4, -0.2) is 47.8 Å². The smallest absolute Gasteiger partial charge is 0.251 e. The molecule has 1 aromatic carbocycles. The summed E-state index contributed by atoms with van der Waals surface area (Å²) in [7, 11) is 0. The Morgan fingerprint density at radius 1 is 0.966 bits per heavy atom. The minimum atomic E-state index is -0.464. The minimum absolute atomic E-state index is 0.152. The summed E-state index contributed by atoms with van der Waals surface area (Å²) in [6, 6.07) is 7.18. The summed E-state index contributed by atoms with van der Waals surface area (Å²) in [6.07, 6.45) is 7.53. The van der Waals surface area contributed by atoms with Gasteiger partial charge in [0.15, 0.2) is 0 Å². The first-order valence-electron chi connectivity index (χ1n) is 11.0. The Balaban J connectivity index is 1.30. The maximum atomic E-state index is 12.8. The predicted molar refractivity (Wildman–Crippen MR) is 111 cm³/mol. The highest BCUT2D eigenvalue weighted by Gasteiger charge is 2.41. The van der Waals surface area contributed by atoms with Crippen molar-refractivity contribution < 1.29 is 14.4 Å². The van der Waals surface area contributed by atoms with Crippen LogP contribution < -0.4 is 10.2 Å². The van der Waals surface area contributed by atoms with Crippen LogP contribution in [0.1, 0.15) is 56.9 Å². The van der Waals surface area contributed by atoms with E-state index in [0.29, 0.717) is 11.6 Å². The van der Waals surface area contributed by atoms with E-state index in [1.807, 2.05) is 36.1 Å². The summed E-state index contributed by atoms with van der Waals surface area (Å²) in [6.45, 7) is 3.46. The largest absolute Gasteiger partial charge is 0.342 e. The van der Waals surface area contributed by atoms with Crippen LogP contribution in [0, 0.1) is 12.8 Å². The van der Waals surface area contributed by atoms with Crippen molar-refractivity contribution >= 4 is 23.4 Å². The Morgan fingerprint density at radius 2 is 1.62 bits per heavy atom. The summed E-state index contributed by atoms with van der Waals surface area (Å²) in [5, 5.41) is 3.40. The molecule has 3 fully saturated rings. The summed E-state index contributed by atoms with van der Waals surface area (Å²) in [5.41, 5.74) is 1.74. The van der Waals surface area contributed by atoms with Gasteiger partial charge in [-0.25, -0.2) is 4.90 Å². The molecule has 6 heteroatoms. The molecule has 0 aromatic heterocycles. The second-order valence-corrected chi connectivity index (χ2v) is 8.76. The van der Waals surface area contributed by atoms with Crippen molar-refractivity contribution in [3.8, 4) is 0 Å². The number of hydrogen-bond donors (Lipinski definition) is 1. The standard InChI is InChI=1S/C23H31N3O3/c1-16-7-9-19(10-8-16)26-21(27)15-20(23(26)29)24-18-11-13-25(14-12-18)22(28)17-5-3-2-4-6-17/h7-10,17-18,20,24H,2-6,11-15H2,1H3. The lowest BCUT2D eigenvalue weighted by Crippen LogP contribution is -2.50. The highest BCUT2D eigenvalue weighted by Crippen LogP contribution is 2.27. The van der Waals surface area contributed by atoms with Gasteiger partial charge >= 0.3 is 0 Å². The molecule has 6 nitrogen and oxygen atoms in total. The van der Waals surface area contributed by atoms with E-state index in [1.165, 1.54) is 24.2 Å². The van der Waals surface area contributed by atoms with Crippen molar-refractivity contribution in [3.05, 3.63) is 29.8 Å². The summed E-state index contributed by atoms with van der Waals surface area (Å²) >= 11 is 0. The Morgan fingerprint density at radius 3 is 2.28 bits per heavy atom. The fourth-order valence-corrected chi connectivity index (χ4v) is 4.89. The number of rotatable bonds is 4. The number of likely N-dealkylation sites (tertiary alicyclic amines) is 1. The lowest BCUT2D eigenvalue weighted by atomic mass is 9.87. The van der Waals surface area contributed by atoms with Gasteiger partial charge < -0.3 is 10.2 Å². The van der Waals surface area contributed by atoms with Gasteiger partial charge in [0.2, 0.25) is 11.8 Å². The van der Waals surface area contributed by atoms with Crippen LogP contribution >= 0.6 is 0 Å². The maximum absolute atomic E-state index is 12.8. The van der Waals surface area contributed by atoms with Crippen molar-refractivity contribution in [2.45, 2.75) is 70.4 Å². The molecule has 1 aliphatic carbocycles. The molecule has 1 atom stereocenters. The van der Waals surface area contributed by atoms with Crippen molar-refractivity contribution in [1.29, 1.82) is 0 Å². The molecule has 4 rings (SSSR count). The summed E-state index contributed by atoms with van der Waals surface area (Å²) in [5.74, 6) is 0.215. The van der Waals surface area contributed by atoms with E-state index in [2.05, 4.69) is 5.32 Å². The molecule has 1 saturated carbocycles. The number of carbonyl (C=O) groups is 3. The molecule has 0 radical (unpaired) electrons. The Hall–Kier alpha value is -2.21. The van der Waals surface area contributed by atoms with Gasteiger partial charge in [0.25, 0.3) is 5.91 Å². The number of nitrogens with one attached hydrogen (secondary N) is 1. The maximum Gasteiger partial charge on any atom is 0.251 e. The summed E-state index contributed by atoms with van der Waals surface area (Å²) < 4.78 is 0. The molecule has 1 aromatic rings. The van der Waals surface area contributed by atoms with E-state index in [9.17, 15) is 14.4 Å². The zero-order valence-electron chi connectivity index (χ0n) is 17.2. The van der Waals surface area contributed by atoms with E-state index in [-0.39, 0.29) is 30.2 Å². The summed E-state index contributed by atoms with van der Waals surface area (Å²) in [4.78, 5) is 41.3. The van der Waals surface area contributed by atoms with Gasteiger partial charge in [-0.2, -0.15) is 0 Å². The number of imide groups is 1.